The molecule has 148 valence electrons. The summed E-state index contributed by atoms with van der Waals surface area (Å²) in [5.74, 6) is 0. The maximum atomic E-state index is 13.3. The van der Waals surface area contributed by atoms with Crippen molar-refractivity contribution < 1.29 is 22.9 Å². The lowest BCUT2D eigenvalue weighted by Crippen LogP contribution is -2.10. The first-order valence-corrected chi connectivity index (χ1v) is 9.42. The summed E-state index contributed by atoms with van der Waals surface area (Å²) in [4.78, 5) is 29.4. The molecule has 0 unspecified atom stereocenters. The van der Waals surface area contributed by atoms with E-state index in [1.54, 1.807) is 24.3 Å². The first-order valence-electron chi connectivity index (χ1n) is 7.81. The second kappa shape index (κ2) is 8.29. The molecule has 0 radical (unpaired) electrons. The standard InChI is InChI=1S/C18H9BrF3N3O3S/c19-12-3-1-10(2-4-12)14-8-16(18(20,21)22)24-17(23-14)29-15-6-5-13(25(27)28)7-11(15)9-26/h1-9H. The maximum absolute atomic E-state index is 13.3. The summed E-state index contributed by atoms with van der Waals surface area (Å²) < 4.78 is 40.7. The second-order valence-corrected chi connectivity index (χ2v) is 7.55. The van der Waals surface area contributed by atoms with Crippen LogP contribution in [0.2, 0.25) is 0 Å². The van der Waals surface area contributed by atoms with E-state index in [9.17, 15) is 28.1 Å². The molecule has 0 aliphatic carbocycles. The SMILES string of the molecule is O=Cc1cc([N+](=O)[O-])ccc1Sc1nc(-c2ccc(Br)cc2)cc(C(F)(F)F)n1. The van der Waals surface area contributed by atoms with Gasteiger partial charge in [-0.25, -0.2) is 9.97 Å². The zero-order valence-electron chi connectivity index (χ0n) is 14.2. The lowest BCUT2D eigenvalue weighted by atomic mass is 10.1. The normalized spacial score (nSPS) is 11.3. The van der Waals surface area contributed by atoms with Gasteiger partial charge in [-0.15, -0.1) is 0 Å². The Morgan fingerprint density at radius 2 is 1.76 bits per heavy atom. The third kappa shape index (κ3) is 4.98. The predicted octanol–water partition coefficient (Wildman–Crippen LogP) is 5.80. The molecule has 0 spiro atoms. The number of nitro benzene ring substituents is 1. The van der Waals surface area contributed by atoms with Crippen molar-refractivity contribution in [2.24, 2.45) is 0 Å². The first-order chi connectivity index (χ1) is 13.7. The molecular weight excluding hydrogens is 475 g/mol. The molecule has 0 aliphatic heterocycles. The number of carbonyl (C=O) groups is 1. The summed E-state index contributed by atoms with van der Waals surface area (Å²) >= 11 is 3.97. The third-order valence-electron chi connectivity index (χ3n) is 3.67. The van der Waals surface area contributed by atoms with Crippen LogP contribution in [0, 0.1) is 10.1 Å². The number of aldehydes is 1. The van der Waals surface area contributed by atoms with E-state index in [-0.39, 0.29) is 27.0 Å². The number of nitro groups is 1. The van der Waals surface area contributed by atoms with E-state index in [0.717, 1.165) is 22.7 Å². The van der Waals surface area contributed by atoms with E-state index >= 15 is 0 Å². The summed E-state index contributed by atoms with van der Waals surface area (Å²) in [6, 6.07) is 10.8. The van der Waals surface area contributed by atoms with E-state index in [2.05, 4.69) is 25.9 Å². The van der Waals surface area contributed by atoms with Crippen molar-refractivity contribution in [2.75, 3.05) is 0 Å². The number of halogens is 4. The smallest absolute Gasteiger partial charge is 0.298 e. The zero-order chi connectivity index (χ0) is 21.2. The predicted molar refractivity (Wildman–Crippen MR) is 103 cm³/mol. The minimum atomic E-state index is -4.70. The van der Waals surface area contributed by atoms with Crippen LogP contribution in [-0.2, 0) is 6.18 Å². The van der Waals surface area contributed by atoms with Crippen molar-refractivity contribution in [3.63, 3.8) is 0 Å². The monoisotopic (exact) mass is 483 g/mol. The van der Waals surface area contributed by atoms with Crippen LogP contribution >= 0.6 is 27.7 Å². The fourth-order valence-electron chi connectivity index (χ4n) is 2.32. The lowest BCUT2D eigenvalue weighted by molar-refractivity contribution is -0.384. The highest BCUT2D eigenvalue weighted by molar-refractivity contribution is 9.10. The molecule has 29 heavy (non-hydrogen) atoms. The van der Waals surface area contributed by atoms with Gasteiger partial charge in [0.25, 0.3) is 5.69 Å². The average Bonchev–Trinajstić information content (AvgIpc) is 2.67. The van der Waals surface area contributed by atoms with E-state index in [0.29, 0.717) is 23.6 Å². The Hall–Kier alpha value is -2.79. The Morgan fingerprint density at radius 3 is 2.34 bits per heavy atom. The van der Waals surface area contributed by atoms with Crippen LogP contribution in [0.4, 0.5) is 18.9 Å². The van der Waals surface area contributed by atoms with Gasteiger partial charge in [0.1, 0.15) is 5.69 Å². The van der Waals surface area contributed by atoms with Crippen LogP contribution in [0.15, 0.2) is 63.1 Å². The van der Waals surface area contributed by atoms with Gasteiger partial charge < -0.3 is 0 Å². The van der Waals surface area contributed by atoms with Crippen molar-refractivity contribution in [3.05, 3.63) is 74.4 Å². The molecule has 0 N–H and O–H groups in total. The van der Waals surface area contributed by atoms with Crippen molar-refractivity contribution in [1.82, 2.24) is 9.97 Å². The number of rotatable bonds is 5. The number of carbonyl (C=O) groups excluding carboxylic acids is 1. The van der Waals surface area contributed by atoms with Crippen LogP contribution < -0.4 is 0 Å². The fourth-order valence-corrected chi connectivity index (χ4v) is 3.43. The molecule has 11 heteroatoms. The van der Waals surface area contributed by atoms with Crippen LogP contribution in [0.3, 0.4) is 0 Å². The molecule has 0 saturated carbocycles. The lowest BCUT2D eigenvalue weighted by Gasteiger charge is -2.11. The van der Waals surface area contributed by atoms with Gasteiger partial charge in [0.15, 0.2) is 11.4 Å². The highest BCUT2D eigenvalue weighted by Gasteiger charge is 2.34. The summed E-state index contributed by atoms with van der Waals surface area (Å²) in [6.45, 7) is 0. The highest BCUT2D eigenvalue weighted by atomic mass is 79.9. The van der Waals surface area contributed by atoms with E-state index in [4.69, 9.17) is 0 Å². The van der Waals surface area contributed by atoms with Crippen LogP contribution in [-0.4, -0.2) is 21.2 Å². The van der Waals surface area contributed by atoms with Gasteiger partial charge >= 0.3 is 6.18 Å². The average molecular weight is 484 g/mol. The number of hydrogen-bond donors (Lipinski definition) is 0. The molecule has 0 bridgehead atoms. The van der Waals surface area contributed by atoms with E-state index < -0.39 is 16.8 Å². The molecule has 3 rings (SSSR count). The minimum absolute atomic E-state index is 0.0459. The van der Waals surface area contributed by atoms with Crippen molar-refractivity contribution in [2.45, 2.75) is 16.2 Å². The summed E-state index contributed by atoms with van der Waals surface area (Å²) in [5.41, 5.74) is -0.992. The van der Waals surface area contributed by atoms with Gasteiger partial charge in [-0.3, -0.25) is 14.9 Å². The van der Waals surface area contributed by atoms with Crippen molar-refractivity contribution in [1.29, 1.82) is 0 Å². The molecule has 0 atom stereocenters. The summed E-state index contributed by atoms with van der Waals surface area (Å²) in [5, 5.41) is 10.6. The Morgan fingerprint density at radius 1 is 1.07 bits per heavy atom. The number of alkyl halides is 3. The minimum Gasteiger partial charge on any atom is -0.298 e. The number of nitrogens with zero attached hydrogens (tertiary/aromatic N) is 3. The molecule has 0 saturated heterocycles. The third-order valence-corrected chi connectivity index (χ3v) is 5.15. The largest absolute Gasteiger partial charge is 0.433 e. The van der Waals surface area contributed by atoms with Crippen LogP contribution in [0.25, 0.3) is 11.3 Å². The zero-order valence-corrected chi connectivity index (χ0v) is 16.6. The van der Waals surface area contributed by atoms with Gasteiger partial charge in [0.05, 0.1) is 10.6 Å². The number of benzene rings is 2. The maximum Gasteiger partial charge on any atom is 0.433 e. The molecule has 3 aromatic rings. The first kappa shape index (κ1) is 20.9. The molecule has 2 aromatic carbocycles. The summed E-state index contributed by atoms with van der Waals surface area (Å²) in [6.07, 6.45) is -4.32. The molecule has 0 amide bonds. The topological polar surface area (TPSA) is 86.0 Å². The molecule has 6 nitrogen and oxygen atoms in total. The van der Waals surface area contributed by atoms with Gasteiger partial charge in [-0.1, -0.05) is 28.1 Å². The number of aromatic nitrogens is 2. The Labute approximate surface area is 174 Å². The van der Waals surface area contributed by atoms with Gasteiger partial charge in [0.2, 0.25) is 0 Å². The Balaban J connectivity index is 2.07. The van der Waals surface area contributed by atoms with Gasteiger partial charge in [0, 0.05) is 32.6 Å². The molecule has 0 fully saturated rings. The fraction of sp³-hybridized carbons (Fsp3) is 0.0556. The number of non-ortho nitro benzene ring substituents is 1. The van der Waals surface area contributed by atoms with Crippen LogP contribution in [0.1, 0.15) is 16.1 Å². The van der Waals surface area contributed by atoms with Crippen molar-refractivity contribution in [3.8, 4) is 11.3 Å². The summed E-state index contributed by atoms with van der Waals surface area (Å²) in [7, 11) is 0. The molecule has 0 aliphatic rings. The highest BCUT2D eigenvalue weighted by Crippen LogP contribution is 2.35. The molecular formula is C18H9BrF3N3O3S. The van der Waals surface area contributed by atoms with Crippen LogP contribution in [0.5, 0.6) is 0 Å². The Kier molecular flexibility index (Phi) is 5.99. The second-order valence-electron chi connectivity index (χ2n) is 5.62. The number of hydrogen-bond acceptors (Lipinski definition) is 6. The molecule has 1 aromatic heterocycles. The van der Waals surface area contributed by atoms with E-state index in [1.165, 1.54) is 6.07 Å². The Bertz CT molecular complexity index is 1090. The van der Waals surface area contributed by atoms with Gasteiger partial charge in [-0.05, 0) is 36.0 Å². The van der Waals surface area contributed by atoms with Gasteiger partial charge in [-0.2, -0.15) is 13.2 Å². The van der Waals surface area contributed by atoms with E-state index in [1.807, 2.05) is 0 Å². The quantitative estimate of drug-likeness (QED) is 0.197. The molecule has 1 heterocycles. The van der Waals surface area contributed by atoms with Crippen molar-refractivity contribution >= 4 is 39.7 Å².